The molecule has 1 aromatic carbocycles. The van der Waals surface area contributed by atoms with Gasteiger partial charge in [0.05, 0.1) is 0 Å². The number of nitrogens with one attached hydrogen (secondary N) is 1. The standard InChI is InChI=1S/C14H15ClN2O2S/c1-8-4-11(5-9(2)13(8)15)19-7-12(18)17-14-16-6-10(3)20-14/h4-6H,7H2,1-3H3,(H,16,17,18). The van der Waals surface area contributed by atoms with E-state index < -0.39 is 0 Å². The summed E-state index contributed by atoms with van der Waals surface area (Å²) >= 11 is 7.51. The number of halogens is 1. The highest BCUT2D eigenvalue weighted by Gasteiger charge is 2.08. The molecular weight excluding hydrogens is 296 g/mol. The van der Waals surface area contributed by atoms with Crippen LogP contribution in [0, 0.1) is 20.8 Å². The number of aromatic nitrogens is 1. The Morgan fingerprint density at radius 2 is 2.00 bits per heavy atom. The van der Waals surface area contributed by atoms with Crippen LogP contribution in [0.25, 0.3) is 0 Å². The fourth-order valence-electron chi connectivity index (χ4n) is 1.71. The Morgan fingerprint density at radius 3 is 2.55 bits per heavy atom. The van der Waals surface area contributed by atoms with Gasteiger partial charge in [0.15, 0.2) is 11.7 Å². The minimum absolute atomic E-state index is 0.0564. The highest BCUT2D eigenvalue weighted by Crippen LogP contribution is 2.25. The molecule has 0 radical (unpaired) electrons. The molecule has 0 fully saturated rings. The number of nitrogens with zero attached hydrogens (tertiary/aromatic N) is 1. The van der Waals surface area contributed by atoms with Gasteiger partial charge in [-0.15, -0.1) is 11.3 Å². The lowest BCUT2D eigenvalue weighted by Crippen LogP contribution is -2.20. The van der Waals surface area contributed by atoms with E-state index in [1.807, 2.05) is 32.9 Å². The quantitative estimate of drug-likeness (QED) is 0.936. The van der Waals surface area contributed by atoms with Crippen LogP contribution in [0.2, 0.25) is 5.02 Å². The van der Waals surface area contributed by atoms with Crippen LogP contribution in [0.15, 0.2) is 18.3 Å². The third-order valence-corrected chi connectivity index (χ3v) is 4.07. The smallest absolute Gasteiger partial charge is 0.264 e. The third kappa shape index (κ3) is 3.71. The Kier molecular flexibility index (Phi) is 4.62. The second-order valence-electron chi connectivity index (χ2n) is 4.48. The first kappa shape index (κ1) is 14.8. The van der Waals surface area contributed by atoms with Gasteiger partial charge in [0, 0.05) is 16.1 Å². The van der Waals surface area contributed by atoms with E-state index in [1.165, 1.54) is 11.3 Å². The van der Waals surface area contributed by atoms with Crippen molar-refractivity contribution < 1.29 is 9.53 Å². The van der Waals surface area contributed by atoms with Crippen LogP contribution < -0.4 is 10.1 Å². The lowest BCUT2D eigenvalue weighted by atomic mass is 10.1. The normalized spacial score (nSPS) is 10.4. The Hall–Kier alpha value is -1.59. The van der Waals surface area contributed by atoms with E-state index in [2.05, 4.69) is 10.3 Å². The summed E-state index contributed by atoms with van der Waals surface area (Å²) in [5, 5.41) is 4.00. The molecule has 0 atom stereocenters. The molecular formula is C14H15ClN2O2S. The number of benzene rings is 1. The number of thiazole rings is 1. The number of rotatable bonds is 4. The Bertz CT molecular complexity index is 617. The van der Waals surface area contributed by atoms with Gasteiger partial charge in [-0.25, -0.2) is 4.98 Å². The van der Waals surface area contributed by atoms with E-state index >= 15 is 0 Å². The number of ether oxygens (including phenoxy) is 1. The molecule has 0 bridgehead atoms. The van der Waals surface area contributed by atoms with E-state index in [9.17, 15) is 4.79 Å². The summed E-state index contributed by atoms with van der Waals surface area (Å²) in [4.78, 5) is 16.8. The van der Waals surface area contributed by atoms with Gasteiger partial charge in [-0.3, -0.25) is 10.1 Å². The Balaban J connectivity index is 1.93. The number of hydrogen-bond donors (Lipinski definition) is 1. The van der Waals surface area contributed by atoms with Gasteiger partial charge in [0.25, 0.3) is 5.91 Å². The SMILES string of the molecule is Cc1cnc(NC(=O)COc2cc(C)c(Cl)c(C)c2)s1. The van der Waals surface area contributed by atoms with Crippen LogP contribution in [-0.4, -0.2) is 17.5 Å². The molecule has 0 aliphatic carbocycles. The maximum Gasteiger partial charge on any atom is 0.264 e. The molecule has 1 heterocycles. The highest BCUT2D eigenvalue weighted by atomic mass is 35.5. The summed E-state index contributed by atoms with van der Waals surface area (Å²) in [7, 11) is 0. The van der Waals surface area contributed by atoms with Crippen molar-refractivity contribution in [1.29, 1.82) is 0 Å². The van der Waals surface area contributed by atoms with Gasteiger partial charge in [-0.1, -0.05) is 11.6 Å². The van der Waals surface area contributed by atoms with Crippen LogP contribution in [0.3, 0.4) is 0 Å². The topological polar surface area (TPSA) is 51.2 Å². The van der Waals surface area contributed by atoms with Gasteiger partial charge < -0.3 is 4.74 Å². The third-order valence-electron chi connectivity index (χ3n) is 2.65. The Labute approximate surface area is 126 Å². The summed E-state index contributed by atoms with van der Waals surface area (Å²) in [5.41, 5.74) is 1.86. The lowest BCUT2D eigenvalue weighted by molar-refractivity contribution is -0.118. The highest BCUT2D eigenvalue weighted by molar-refractivity contribution is 7.15. The molecule has 6 heteroatoms. The van der Waals surface area contributed by atoms with Crippen LogP contribution >= 0.6 is 22.9 Å². The van der Waals surface area contributed by atoms with Gasteiger partial charge in [-0.2, -0.15) is 0 Å². The van der Waals surface area contributed by atoms with Crippen molar-refractivity contribution >= 4 is 34.0 Å². The number of amides is 1. The zero-order valence-corrected chi connectivity index (χ0v) is 13.1. The van der Waals surface area contributed by atoms with Crippen molar-refractivity contribution in [2.75, 3.05) is 11.9 Å². The largest absolute Gasteiger partial charge is 0.484 e. The van der Waals surface area contributed by atoms with Crippen LogP contribution in [0.4, 0.5) is 5.13 Å². The van der Waals surface area contributed by atoms with Crippen LogP contribution in [-0.2, 0) is 4.79 Å². The van der Waals surface area contributed by atoms with E-state index in [1.54, 1.807) is 6.20 Å². The first-order valence-corrected chi connectivity index (χ1v) is 7.27. The summed E-state index contributed by atoms with van der Waals surface area (Å²) in [6.45, 7) is 5.68. The molecule has 2 rings (SSSR count). The molecule has 0 spiro atoms. The number of carbonyl (C=O) groups is 1. The predicted octanol–water partition coefficient (Wildman–Crippen LogP) is 3.74. The van der Waals surface area contributed by atoms with Gasteiger partial charge in [-0.05, 0) is 44.0 Å². The molecule has 0 aliphatic rings. The maximum absolute atomic E-state index is 11.7. The van der Waals surface area contributed by atoms with Crippen molar-refractivity contribution in [3.05, 3.63) is 39.4 Å². The molecule has 1 N–H and O–H groups in total. The van der Waals surface area contributed by atoms with E-state index in [4.69, 9.17) is 16.3 Å². The fourth-order valence-corrected chi connectivity index (χ4v) is 2.50. The average molecular weight is 311 g/mol. The summed E-state index contributed by atoms with van der Waals surface area (Å²) < 4.78 is 5.47. The Morgan fingerprint density at radius 1 is 1.35 bits per heavy atom. The molecule has 0 saturated carbocycles. The monoisotopic (exact) mass is 310 g/mol. The second kappa shape index (κ2) is 6.24. The zero-order chi connectivity index (χ0) is 14.7. The molecule has 106 valence electrons. The summed E-state index contributed by atoms with van der Waals surface area (Å²) in [6, 6.07) is 3.63. The van der Waals surface area contributed by atoms with Crippen LogP contribution in [0.1, 0.15) is 16.0 Å². The molecule has 20 heavy (non-hydrogen) atoms. The number of aryl methyl sites for hydroxylation is 3. The van der Waals surface area contributed by atoms with Gasteiger partial charge in [0.1, 0.15) is 5.75 Å². The molecule has 4 nitrogen and oxygen atoms in total. The number of carbonyl (C=O) groups excluding carboxylic acids is 1. The fraction of sp³-hybridized carbons (Fsp3) is 0.286. The van der Waals surface area contributed by atoms with Crippen molar-refractivity contribution in [2.45, 2.75) is 20.8 Å². The summed E-state index contributed by atoms with van der Waals surface area (Å²) in [6.07, 6.45) is 1.72. The number of hydrogen-bond acceptors (Lipinski definition) is 4. The molecule has 0 saturated heterocycles. The summed E-state index contributed by atoms with van der Waals surface area (Å²) in [5.74, 6) is 0.402. The number of anilines is 1. The van der Waals surface area contributed by atoms with Crippen molar-refractivity contribution in [3.63, 3.8) is 0 Å². The zero-order valence-electron chi connectivity index (χ0n) is 11.5. The van der Waals surface area contributed by atoms with Crippen molar-refractivity contribution in [2.24, 2.45) is 0 Å². The molecule has 0 aliphatic heterocycles. The average Bonchev–Trinajstić information content (AvgIpc) is 2.78. The molecule has 0 unspecified atom stereocenters. The van der Waals surface area contributed by atoms with E-state index in [-0.39, 0.29) is 12.5 Å². The first-order valence-electron chi connectivity index (χ1n) is 6.07. The minimum Gasteiger partial charge on any atom is -0.484 e. The van der Waals surface area contributed by atoms with Crippen LogP contribution in [0.5, 0.6) is 5.75 Å². The predicted molar refractivity (Wildman–Crippen MR) is 81.9 cm³/mol. The first-order chi connectivity index (χ1) is 9.45. The second-order valence-corrected chi connectivity index (χ2v) is 6.10. The minimum atomic E-state index is -0.232. The van der Waals surface area contributed by atoms with Gasteiger partial charge in [0.2, 0.25) is 0 Å². The van der Waals surface area contributed by atoms with E-state index in [0.29, 0.717) is 10.9 Å². The van der Waals surface area contributed by atoms with E-state index in [0.717, 1.165) is 21.0 Å². The maximum atomic E-state index is 11.7. The molecule has 2 aromatic rings. The lowest BCUT2D eigenvalue weighted by Gasteiger charge is -2.09. The molecule has 1 aromatic heterocycles. The van der Waals surface area contributed by atoms with Crippen molar-refractivity contribution in [3.8, 4) is 5.75 Å². The van der Waals surface area contributed by atoms with Gasteiger partial charge >= 0.3 is 0 Å². The molecule has 1 amide bonds. The van der Waals surface area contributed by atoms with Crippen molar-refractivity contribution in [1.82, 2.24) is 4.98 Å².